The van der Waals surface area contributed by atoms with E-state index in [0.29, 0.717) is 24.3 Å². The van der Waals surface area contributed by atoms with Crippen molar-refractivity contribution in [1.82, 2.24) is 10.6 Å². The van der Waals surface area contributed by atoms with E-state index in [1.165, 1.54) is 19.3 Å². The lowest BCUT2D eigenvalue weighted by atomic mass is 9.84. The predicted octanol–water partition coefficient (Wildman–Crippen LogP) is 3.37. The van der Waals surface area contributed by atoms with E-state index >= 15 is 0 Å². The summed E-state index contributed by atoms with van der Waals surface area (Å²) in [7, 11) is 0. The van der Waals surface area contributed by atoms with E-state index < -0.39 is 0 Å². The minimum atomic E-state index is 0. The van der Waals surface area contributed by atoms with E-state index in [1.807, 2.05) is 0 Å². The number of hydrogen-bond acceptors (Lipinski definition) is 2. The van der Waals surface area contributed by atoms with Gasteiger partial charge >= 0.3 is 0 Å². The molecule has 1 aliphatic heterocycles. The minimum Gasteiger partial charge on any atom is -0.354 e. The molecule has 1 amide bonds. The quantitative estimate of drug-likeness (QED) is 0.757. The molecule has 0 aromatic heterocycles. The maximum absolute atomic E-state index is 12.0. The van der Waals surface area contributed by atoms with Crippen molar-refractivity contribution >= 4 is 18.3 Å². The van der Waals surface area contributed by atoms with Crippen molar-refractivity contribution in [1.29, 1.82) is 0 Å². The predicted molar refractivity (Wildman–Crippen MR) is 88.3 cm³/mol. The fraction of sp³-hybridized carbons (Fsp3) is 0.938. The van der Waals surface area contributed by atoms with Crippen molar-refractivity contribution in [2.45, 2.75) is 65.8 Å². The number of halogens is 1. The van der Waals surface area contributed by atoms with Crippen LogP contribution in [0.3, 0.4) is 0 Å². The van der Waals surface area contributed by atoms with E-state index in [9.17, 15) is 4.79 Å². The van der Waals surface area contributed by atoms with Crippen molar-refractivity contribution in [2.24, 2.45) is 17.8 Å². The van der Waals surface area contributed by atoms with Crippen LogP contribution in [0.25, 0.3) is 0 Å². The second-order valence-electron chi connectivity index (χ2n) is 6.49. The third-order valence-corrected chi connectivity index (χ3v) is 4.56. The highest BCUT2D eigenvalue weighted by molar-refractivity contribution is 5.85. The van der Waals surface area contributed by atoms with Gasteiger partial charge in [0.05, 0.1) is 0 Å². The maximum Gasteiger partial charge on any atom is 0.220 e. The van der Waals surface area contributed by atoms with Crippen molar-refractivity contribution in [3.05, 3.63) is 0 Å². The van der Waals surface area contributed by atoms with Crippen LogP contribution in [0, 0.1) is 17.8 Å². The summed E-state index contributed by atoms with van der Waals surface area (Å²) in [6.45, 7) is 11.0. The number of carbonyl (C=O) groups is 1. The van der Waals surface area contributed by atoms with Gasteiger partial charge in [-0.05, 0) is 57.0 Å². The van der Waals surface area contributed by atoms with Gasteiger partial charge in [-0.1, -0.05) is 27.2 Å². The lowest BCUT2D eigenvalue weighted by molar-refractivity contribution is -0.123. The molecule has 1 aliphatic rings. The molecule has 0 aliphatic carbocycles. The molecule has 0 saturated carbocycles. The van der Waals surface area contributed by atoms with Gasteiger partial charge in [-0.25, -0.2) is 0 Å². The van der Waals surface area contributed by atoms with Crippen molar-refractivity contribution < 1.29 is 4.79 Å². The minimum absolute atomic E-state index is 0. The summed E-state index contributed by atoms with van der Waals surface area (Å²) in [6.07, 6.45) is 5.40. The lowest BCUT2D eigenvalue weighted by Gasteiger charge is -2.28. The Labute approximate surface area is 131 Å². The highest BCUT2D eigenvalue weighted by Gasteiger charge is 2.22. The maximum atomic E-state index is 12.0. The van der Waals surface area contributed by atoms with Gasteiger partial charge in [-0.2, -0.15) is 0 Å². The molecule has 0 bridgehead atoms. The number of carbonyl (C=O) groups excluding carboxylic acids is 1. The zero-order valence-corrected chi connectivity index (χ0v) is 14.4. The zero-order chi connectivity index (χ0) is 14.3. The molecule has 0 aromatic rings. The summed E-state index contributed by atoms with van der Waals surface area (Å²) in [5.74, 6) is 2.16. The number of piperidine rings is 1. The van der Waals surface area contributed by atoms with E-state index in [1.54, 1.807) is 0 Å². The zero-order valence-electron chi connectivity index (χ0n) is 13.6. The van der Waals surface area contributed by atoms with Gasteiger partial charge < -0.3 is 10.6 Å². The average Bonchev–Trinajstić information content (AvgIpc) is 2.39. The van der Waals surface area contributed by atoms with Crippen LogP contribution in [0.1, 0.15) is 59.8 Å². The normalized spacial score (nSPS) is 20.6. The first-order valence-corrected chi connectivity index (χ1v) is 8.03. The van der Waals surface area contributed by atoms with Gasteiger partial charge in [0.2, 0.25) is 5.91 Å². The molecule has 1 saturated heterocycles. The van der Waals surface area contributed by atoms with Crippen LogP contribution in [-0.2, 0) is 4.79 Å². The van der Waals surface area contributed by atoms with Crippen LogP contribution in [0.2, 0.25) is 0 Å². The SMILES string of the molecule is CCC(C)CC(C)NC(=O)CC(C)C1CCNCC1.Cl. The van der Waals surface area contributed by atoms with Crippen LogP contribution in [0.15, 0.2) is 0 Å². The third kappa shape index (κ3) is 7.49. The van der Waals surface area contributed by atoms with Gasteiger partial charge in [0.15, 0.2) is 0 Å². The number of nitrogens with one attached hydrogen (secondary N) is 2. The van der Waals surface area contributed by atoms with Gasteiger partial charge in [0.1, 0.15) is 0 Å². The molecular formula is C16H33ClN2O. The standard InChI is InChI=1S/C16H32N2O.ClH/c1-5-12(2)10-14(4)18-16(19)11-13(3)15-6-8-17-9-7-15;/h12-15,17H,5-11H2,1-4H3,(H,18,19);1H. The van der Waals surface area contributed by atoms with Gasteiger partial charge in [-0.3, -0.25) is 4.79 Å². The second-order valence-corrected chi connectivity index (χ2v) is 6.49. The topological polar surface area (TPSA) is 41.1 Å². The molecule has 1 heterocycles. The van der Waals surface area contributed by atoms with Gasteiger partial charge in [0.25, 0.3) is 0 Å². The number of rotatable bonds is 7. The Morgan fingerprint density at radius 3 is 2.40 bits per heavy atom. The Hall–Kier alpha value is -0.280. The van der Waals surface area contributed by atoms with Crippen LogP contribution in [0.4, 0.5) is 0 Å². The fourth-order valence-electron chi connectivity index (χ4n) is 3.04. The Kier molecular flexibility index (Phi) is 10.3. The van der Waals surface area contributed by atoms with Crippen LogP contribution >= 0.6 is 12.4 Å². The Morgan fingerprint density at radius 1 is 1.25 bits per heavy atom. The molecule has 3 unspecified atom stereocenters. The average molecular weight is 305 g/mol. The highest BCUT2D eigenvalue weighted by Crippen LogP contribution is 2.24. The molecule has 0 radical (unpaired) electrons. The van der Waals surface area contributed by atoms with Crippen molar-refractivity contribution in [2.75, 3.05) is 13.1 Å². The summed E-state index contributed by atoms with van der Waals surface area (Å²) >= 11 is 0. The van der Waals surface area contributed by atoms with E-state index in [0.717, 1.165) is 25.4 Å². The van der Waals surface area contributed by atoms with E-state index in [-0.39, 0.29) is 18.3 Å². The molecule has 120 valence electrons. The molecule has 0 spiro atoms. The smallest absolute Gasteiger partial charge is 0.220 e. The fourth-order valence-corrected chi connectivity index (χ4v) is 3.04. The summed E-state index contributed by atoms with van der Waals surface area (Å²) in [5, 5.41) is 6.54. The van der Waals surface area contributed by atoms with Gasteiger partial charge in [-0.15, -0.1) is 12.4 Å². The van der Waals surface area contributed by atoms with Crippen molar-refractivity contribution in [3.8, 4) is 0 Å². The number of amides is 1. The summed E-state index contributed by atoms with van der Waals surface area (Å²) < 4.78 is 0. The first-order valence-electron chi connectivity index (χ1n) is 8.03. The van der Waals surface area contributed by atoms with E-state index in [4.69, 9.17) is 0 Å². The Bertz CT molecular complexity index is 267. The highest BCUT2D eigenvalue weighted by atomic mass is 35.5. The summed E-state index contributed by atoms with van der Waals surface area (Å²) in [4.78, 5) is 12.0. The molecular weight excluding hydrogens is 272 g/mol. The Morgan fingerprint density at radius 2 is 1.85 bits per heavy atom. The monoisotopic (exact) mass is 304 g/mol. The molecule has 2 N–H and O–H groups in total. The first kappa shape index (κ1) is 19.7. The number of hydrogen-bond donors (Lipinski definition) is 2. The molecule has 1 rings (SSSR count). The third-order valence-electron chi connectivity index (χ3n) is 4.56. The van der Waals surface area contributed by atoms with Crippen LogP contribution in [-0.4, -0.2) is 25.0 Å². The largest absolute Gasteiger partial charge is 0.354 e. The molecule has 3 atom stereocenters. The Balaban J connectivity index is 0.00000361. The summed E-state index contributed by atoms with van der Waals surface area (Å²) in [6, 6.07) is 0.308. The molecule has 20 heavy (non-hydrogen) atoms. The lowest BCUT2D eigenvalue weighted by Crippen LogP contribution is -2.37. The van der Waals surface area contributed by atoms with Crippen LogP contribution < -0.4 is 10.6 Å². The molecule has 1 fully saturated rings. The molecule has 3 nitrogen and oxygen atoms in total. The molecule has 0 aromatic carbocycles. The van der Waals surface area contributed by atoms with Gasteiger partial charge in [0, 0.05) is 12.5 Å². The molecule has 4 heteroatoms. The first-order chi connectivity index (χ1) is 9.02. The summed E-state index contributed by atoms with van der Waals surface area (Å²) in [5.41, 5.74) is 0. The second kappa shape index (κ2) is 10.4. The van der Waals surface area contributed by atoms with E-state index in [2.05, 4.69) is 38.3 Å². The van der Waals surface area contributed by atoms with Crippen LogP contribution in [0.5, 0.6) is 0 Å². The van der Waals surface area contributed by atoms with Crippen molar-refractivity contribution in [3.63, 3.8) is 0 Å².